The van der Waals surface area contributed by atoms with Crippen molar-refractivity contribution in [1.29, 1.82) is 0 Å². The molecule has 0 N–H and O–H groups in total. The molecule has 1 fully saturated rings. The highest BCUT2D eigenvalue weighted by molar-refractivity contribution is 5.82. The number of benzene rings is 1. The third-order valence-electron chi connectivity index (χ3n) is 4.87. The maximum atomic E-state index is 12.7. The Morgan fingerprint density at radius 3 is 2.54 bits per heavy atom. The number of oxazole rings is 1. The van der Waals surface area contributed by atoms with Gasteiger partial charge in [0.05, 0.1) is 11.9 Å². The van der Waals surface area contributed by atoms with Crippen molar-refractivity contribution < 1.29 is 14.0 Å². The number of hydrogen-bond donors (Lipinski definition) is 0. The summed E-state index contributed by atoms with van der Waals surface area (Å²) in [7, 11) is 1.65. The Morgan fingerprint density at radius 1 is 1.12 bits per heavy atom. The monoisotopic (exact) mass is 359 g/mol. The topological polar surface area (TPSA) is 75.8 Å². The molecule has 0 saturated carbocycles. The van der Waals surface area contributed by atoms with Crippen LogP contribution < -0.4 is 5.76 Å². The molecule has 1 aromatic carbocycles. The maximum Gasteiger partial charge on any atom is 0.419 e. The van der Waals surface area contributed by atoms with Crippen molar-refractivity contribution in [3.63, 3.8) is 0 Å². The number of fused-ring (bicyclic) bond motifs is 1. The zero-order chi connectivity index (χ0) is 18.8. The highest BCUT2D eigenvalue weighted by Gasteiger charge is 2.23. The first-order valence-corrected chi connectivity index (χ1v) is 9.02. The molecule has 140 valence electrons. The van der Waals surface area contributed by atoms with Crippen molar-refractivity contribution in [2.24, 2.45) is 13.0 Å². The second-order valence-electron chi connectivity index (χ2n) is 7.12. The Hall–Kier alpha value is -2.57. The number of aromatic nitrogens is 1. The van der Waals surface area contributed by atoms with Gasteiger partial charge in [-0.2, -0.15) is 0 Å². The SMILES string of the molecule is CC(C)C(=O)N1CCCN(C(=O)Cc2ccc3oc(=O)n(C)c3c2)CC1. The van der Waals surface area contributed by atoms with Crippen LogP contribution in [0.5, 0.6) is 0 Å². The van der Waals surface area contributed by atoms with Crippen LogP contribution in [0.15, 0.2) is 27.4 Å². The molecule has 0 spiro atoms. The largest absolute Gasteiger partial charge is 0.419 e. The minimum Gasteiger partial charge on any atom is -0.408 e. The second kappa shape index (κ2) is 7.35. The molecule has 7 nitrogen and oxygen atoms in total. The van der Waals surface area contributed by atoms with E-state index >= 15 is 0 Å². The van der Waals surface area contributed by atoms with Gasteiger partial charge in [-0.15, -0.1) is 0 Å². The Balaban J connectivity index is 1.67. The van der Waals surface area contributed by atoms with Gasteiger partial charge < -0.3 is 14.2 Å². The van der Waals surface area contributed by atoms with Gasteiger partial charge in [0.25, 0.3) is 0 Å². The van der Waals surface area contributed by atoms with Crippen LogP contribution >= 0.6 is 0 Å². The van der Waals surface area contributed by atoms with Crippen LogP contribution in [0.25, 0.3) is 11.1 Å². The van der Waals surface area contributed by atoms with Crippen molar-refractivity contribution in [2.75, 3.05) is 26.2 Å². The third-order valence-corrected chi connectivity index (χ3v) is 4.87. The number of carbonyl (C=O) groups excluding carboxylic acids is 2. The molecule has 0 aliphatic carbocycles. The molecule has 0 unspecified atom stereocenters. The molecule has 2 aromatic rings. The van der Waals surface area contributed by atoms with E-state index in [1.165, 1.54) is 4.57 Å². The van der Waals surface area contributed by atoms with E-state index in [2.05, 4.69) is 0 Å². The van der Waals surface area contributed by atoms with Gasteiger partial charge in [-0.25, -0.2) is 4.79 Å². The smallest absolute Gasteiger partial charge is 0.408 e. The molecule has 1 saturated heterocycles. The lowest BCUT2D eigenvalue weighted by Crippen LogP contribution is -2.39. The number of amides is 2. The van der Waals surface area contributed by atoms with E-state index in [0.717, 1.165) is 12.0 Å². The minimum atomic E-state index is -0.411. The predicted octanol–water partition coefficient (Wildman–Crippen LogP) is 1.39. The Morgan fingerprint density at radius 2 is 1.81 bits per heavy atom. The first kappa shape index (κ1) is 18.2. The van der Waals surface area contributed by atoms with Gasteiger partial charge in [-0.1, -0.05) is 19.9 Å². The lowest BCUT2D eigenvalue weighted by atomic mass is 10.1. The highest BCUT2D eigenvalue weighted by atomic mass is 16.4. The third kappa shape index (κ3) is 3.66. The fourth-order valence-corrected chi connectivity index (χ4v) is 3.32. The van der Waals surface area contributed by atoms with E-state index < -0.39 is 5.76 Å². The Bertz CT molecular complexity index is 881. The molecule has 1 aliphatic heterocycles. The van der Waals surface area contributed by atoms with Gasteiger partial charge in [0.1, 0.15) is 0 Å². The number of rotatable bonds is 3. The fraction of sp³-hybridized carbons (Fsp3) is 0.526. The summed E-state index contributed by atoms with van der Waals surface area (Å²) in [6, 6.07) is 5.37. The van der Waals surface area contributed by atoms with E-state index in [0.29, 0.717) is 37.3 Å². The van der Waals surface area contributed by atoms with Crippen molar-refractivity contribution in [3.8, 4) is 0 Å². The number of nitrogens with zero attached hydrogens (tertiary/aromatic N) is 3. The molecule has 2 amide bonds. The molecular weight excluding hydrogens is 334 g/mol. The highest BCUT2D eigenvalue weighted by Crippen LogP contribution is 2.16. The van der Waals surface area contributed by atoms with Crippen molar-refractivity contribution in [2.45, 2.75) is 26.7 Å². The minimum absolute atomic E-state index is 0.0226. The van der Waals surface area contributed by atoms with Crippen LogP contribution in [-0.4, -0.2) is 52.4 Å². The Labute approximate surface area is 152 Å². The van der Waals surface area contributed by atoms with E-state index in [1.807, 2.05) is 35.8 Å². The average molecular weight is 359 g/mol. The quantitative estimate of drug-likeness (QED) is 0.830. The molecule has 3 rings (SSSR count). The van der Waals surface area contributed by atoms with E-state index in [1.54, 1.807) is 13.1 Å². The number of carbonyl (C=O) groups is 2. The normalized spacial score (nSPS) is 15.5. The lowest BCUT2D eigenvalue weighted by Gasteiger charge is -2.23. The summed E-state index contributed by atoms with van der Waals surface area (Å²) in [5.41, 5.74) is 2.05. The van der Waals surface area contributed by atoms with E-state index in [-0.39, 0.29) is 24.2 Å². The molecule has 2 heterocycles. The molecule has 7 heteroatoms. The van der Waals surface area contributed by atoms with Gasteiger partial charge >= 0.3 is 5.76 Å². The Kier molecular flexibility index (Phi) is 5.15. The fourth-order valence-electron chi connectivity index (χ4n) is 3.32. The molecule has 1 aromatic heterocycles. The first-order valence-electron chi connectivity index (χ1n) is 9.02. The summed E-state index contributed by atoms with van der Waals surface area (Å²) in [5.74, 6) is -0.251. The molecule has 0 bridgehead atoms. The molecule has 0 radical (unpaired) electrons. The van der Waals surface area contributed by atoms with Crippen LogP contribution in [0.3, 0.4) is 0 Å². The predicted molar refractivity (Wildman–Crippen MR) is 97.8 cm³/mol. The average Bonchev–Trinajstić information content (AvgIpc) is 2.80. The van der Waals surface area contributed by atoms with E-state index in [4.69, 9.17) is 4.42 Å². The van der Waals surface area contributed by atoms with Crippen molar-refractivity contribution in [1.82, 2.24) is 14.4 Å². The molecule has 26 heavy (non-hydrogen) atoms. The zero-order valence-corrected chi connectivity index (χ0v) is 15.5. The van der Waals surface area contributed by atoms with Crippen LogP contribution in [0.1, 0.15) is 25.8 Å². The van der Waals surface area contributed by atoms with Crippen LogP contribution in [-0.2, 0) is 23.1 Å². The van der Waals surface area contributed by atoms with E-state index in [9.17, 15) is 14.4 Å². The summed E-state index contributed by atoms with van der Waals surface area (Å²) >= 11 is 0. The molecule has 0 atom stereocenters. The summed E-state index contributed by atoms with van der Waals surface area (Å²) in [5, 5.41) is 0. The summed E-state index contributed by atoms with van der Waals surface area (Å²) in [4.78, 5) is 40.1. The van der Waals surface area contributed by atoms with Gasteiger partial charge in [0.2, 0.25) is 11.8 Å². The van der Waals surface area contributed by atoms with Gasteiger partial charge in [-0.05, 0) is 24.1 Å². The van der Waals surface area contributed by atoms with Crippen LogP contribution in [0.4, 0.5) is 0 Å². The summed E-state index contributed by atoms with van der Waals surface area (Å²) < 4.78 is 6.55. The van der Waals surface area contributed by atoms with Gasteiger partial charge in [-0.3, -0.25) is 14.2 Å². The number of aryl methyl sites for hydroxylation is 1. The van der Waals surface area contributed by atoms with Gasteiger partial charge in [0.15, 0.2) is 5.58 Å². The molecular formula is C19H25N3O4. The van der Waals surface area contributed by atoms with Crippen molar-refractivity contribution in [3.05, 3.63) is 34.3 Å². The number of hydrogen-bond acceptors (Lipinski definition) is 4. The second-order valence-corrected chi connectivity index (χ2v) is 7.12. The van der Waals surface area contributed by atoms with Crippen LogP contribution in [0, 0.1) is 5.92 Å². The maximum absolute atomic E-state index is 12.7. The molecule has 1 aliphatic rings. The van der Waals surface area contributed by atoms with Gasteiger partial charge in [0, 0.05) is 39.1 Å². The van der Waals surface area contributed by atoms with Crippen LogP contribution in [0.2, 0.25) is 0 Å². The zero-order valence-electron chi connectivity index (χ0n) is 15.5. The first-order chi connectivity index (χ1) is 12.4. The van der Waals surface area contributed by atoms with Crippen molar-refractivity contribution >= 4 is 22.9 Å². The summed E-state index contributed by atoms with van der Waals surface area (Å²) in [6.07, 6.45) is 1.06. The lowest BCUT2D eigenvalue weighted by molar-refractivity contribution is -0.135. The standard InChI is InChI=1S/C19H25N3O4/c1-13(2)18(24)22-8-4-7-21(9-10-22)17(23)12-14-5-6-16-15(11-14)20(3)19(25)26-16/h5-6,11,13H,4,7-10,12H2,1-3H3. The summed E-state index contributed by atoms with van der Waals surface area (Å²) in [6.45, 7) is 6.30.